The van der Waals surface area contributed by atoms with Crippen LogP contribution < -0.4 is 10.6 Å². The Hall–Kier alpha value is -2.22. The van der Waals surface area contributed by atoms with Gasteiger partial charge in [-0.1, -0.05) is 17.8 Å². The monoisotopic (exact) mass is 316 g/mol. The molecule has 0 radical (unpaired) electrons. The zero-order valence-electron chi connectivity index (χ0n) is 12.4. The van der Waals surface area contributed by atoms with Gasteiger partial charge in [0, 0.05) is 20.0 Å². The fraction of sp³-hybridized carbons (Fsp3) is 0.429. The van der Waals surface area contributed by atoms with Crippen molar-refractivity contribution in [2.75, 3.05) is 17.7 Å². The second-order valence-electron chi connectivity index (χ2n) is 5.55. The molecule has 114 valence electrons. The smallest absolute Gasteiger partial charge is 0.229 e. The minimum atomic E-state index is 0.0698. The van der Waals surface area contributed by atoms with E-state index in [9.17, 15) is 4.79 Å². The normalized spacial score (nSPS) is 15.2. The van der Waals surface area contributed by atoms with Crippen molar-refractivity contribution >= 4 is 49.6 Å². The number of aryl methyl sites for hydroxylation is 1. The maximum absolute atomic E-state index is 12.1. The molecule has 3 aromatic rings. The molecule has 22 heavy (non-hydrogen) atoms. The van der Waals surface area contributed by atoms with Gasteiger partial charge in [0.15, 0.2) is 10.9 Å². The predicted molar refractivity (Wildman–Crippen MR) is 87.2 cm³/mol. The fourth-order valence-electron chi connectivity index (χ4n) is 2.69. The average Bonchev–Trinajstić information content (AvgIpc) is 2.99. The maximum Gasteiger partial charge on any atom is 0.229 e. The number of rotatable bonds is 3. The van der Waals surface area contributed by atoms with E-state index in [0.29, 0.717) is 5.13 Å². The summed E-state index contributed by atoms with van der Waals surface area (Å²) in [6, 6.07) is 0. The summed E-state index contributed by atoms with van der Waals surface area (Å²) < 4.78 is 1.93. The molecule has 4 rings (SSSR count). The molecule has 1 fully saturated rings. The van der Waals surface area contributed by atoms with E-state index in [2.05, 4.69) is 25.6 Å². The Balaban J connectivity index is 1.80. The Morgan fingerprint density at radius 1 is 1.36 bits per heavy atom. The summed E-state index contributed by atoms with van der Waals surface area (Å²) >= 11 is 1.40. The first-order valence-corrected chi connectivity index (χ1v) is 8.09. The summed E-state index contributed by atoms with van der Waals surface area (Å²) in [4.78, 5) is 26.4. The lowest BCUT2D eigenvalue weighted by atomic mass is 9.85. The van der Waals surface area contributed by atoms with Crippen molar-refractivity contribution in [1.29, 1.82) is 0 Å². The summed E-state index contributed by atoms with van der Waals surface area (Å²) in [5.41, 5.74) is 2.50. The van der Waals surface area contributed by atoms with Gasteiger partial charge in [-0.25, -0.2) is 15.0 Å². The quantitative estimate of drug-likeness (QED) is 0.775. The third-order valence-electron chi connectivity index (χ3n) is 4.15. The van der Waals surface area contributed by atoms with Gasteiger partial charge in [-0.05, 0) is 12.8 Å². The Bertz CT molecular complexity index is 878. The molecule has 1 aliphatic carbocycles. The van der Waals surface area contributed by atoms with Crippen molar-refractivity contribution in [2.24, 2.45) is 13.0 Å². The van der Waals surface area contributed by atoms with Crippen LogP contribution in [0.4, 0.5) is 10.9 Å². The van der Waals surface area contributed by atoms with Crippen LogP contribution in [0.1, 0.15) is 19.3 Å². The molecule has 0 aromatic carbocycles. The van der Waals surface area contributed by atoms with Crippen molar-refractivity contribution in [3.05, 3.63) is 6.33 Å². The first-order valence-electron chi connectivity index (χ1n) is 7.27. The van der Waals surface area contributed by atoms with Crippen molar-refractivity contribution in [3.8, 4) is 0 Å². The predicted octanol–water partition coefficient (Wildman–Crippen LogP) is 2.36. The van der Waals surface area contributed by atoms with Crippen LogP contribution in [-0.2, 0) is 11.8 Å². The largest absolute Gasteiger partial charge is 0.371 e. The Labute approximate surface area is 130 Å². The van der Waals surface area contributed by atoms with E-state index < -0.39 is 0 Å². The molecule has 7 nitrogen and oxygen atoms in total. The summed E-state index contributed by atoms with van der Waals surface area (Å²) in [6.07, 6.45) is 4.84. The zero-order chi connectivity index (χ0) is 15.3. The fourth-order valence-corrected chi connectivity index (χ4v) is 3.53. The molecule has 1 amide bonds. The minimum Gasteiger partial charge on any atom is -0.371 e. The number of hydrogen-bond donors (Lipinski definition) is 2. The molecular weight excluding hydrogens is 300 g/mol. The summed E-state index contributed by atoms with van der Waals surface area (Å²) in [5, 5.41) is 6.60. The van der Waals surface area contributed by atoms with Gasteiger partial charge in [-0.3, -0.25) is 4.79 Å². The van der Waals surface area contributed by atoms with Crippen molar-refractivity contribution < 1.29 is 4.79 Å². The van der Waals surface area contributed by atoms with E-state index in [4.69, 9.17) is 0 Å². The number of nitrogens with one attached hydrogen (secondary N) is 2. The lowest BCUT2D eigenvalue weighted by Gasteiger charge is -2.23. The van der Waals surface area contributed by atoms with E-state index in [1.165, 1.54) is 11.3 Å². The molecule has 0 unspecified atom stereocenters. The lowest BCUT2D eigenvalue weighted by Crippen LogP contribution is -2.27. The highest BCUT2D eigenvalue weighted by molar-refractivity contribution is 7.22. The number of fused-ring (bicyclic) bond motifs is 3. The first-order chi connectivity index (χ1) is 10.7. The molecule has 0 aliphatic heterocycles. The maximum atomic E-state index is 12.1. The number of thiazole rings is 1. The number of imidazole rings is 1. The van der Waals surface area contributed by atoms with Gasteiger partial charge in [-0.2, -0.15) is 0 Å². The van der Waals surface area contributed by atoms with E-state index in [1.54, 1.807) is 6.33 Å². The molecule has 1 aliphatic rings. The summed E-state index contributed by atoms with van der Waals surface area (Å²) in [5.74, 6) is 0.938. The van der Waals surface area contributed by atoms with Gasteiger partial charge in [-0.15, -0.1) is 0 Å². The van der Waals surface area contributed by atoms with Gasteiger partial charge in [0.25, 0.3) is 0 Å². The zero-order valence-corrected chi connectivity index (χ0v) is 13.2. The minimum absolute atomic E-state index is 0.0698. The molecule has 1 saturated carbocycles. The van der Waals surface area contributed by atoms with Crippen LogP contribution in [0.5, 0.6) is 0 Å². The molecule has 0 spiro atoms. The molecule has 3 aromatic heterocycles. The van der Waals surface area contributed by atoms with Gasteiger partial charge < -0.3 is 15.2 Å². The van der Waals surface area contributed by atoms with E-state index in [0.717, 1.165) is 46.5 Å². The van der Waals surface area contributed by atoms with E-state index in [-0.39, 0.29) is 11.8 Å². The Morgan fingerprint density at radius 2 is 2.18 bits per heavy atom. The molecule has 0 saturated heterocycles. The summed E-state index contributed by atoms with van der Waals surface area (Å²) in [7, 11) is 3.75. The molecule has 0 bridgehead atoms. The van der Waals surface area contributed by atoms with E-state index in [1.807, 2.05) is 18.7 Å². The Morgan fingerprint density at radius 3 is 2.86 bits per heavy atom. The van der Waals surface area contributed by atoms with Crippen molar-refractivity contribution in [1.82, 2.24) is 19.5 Å². The van der Waals surface area contributed by atoms with Crippen LogP contribution in [0.3, 0.4) is 0 Å². The first kappa shape index (κ1) is 13.4. The van der Waals surface area contributed by atoms with Crippen LogP contribution in [0.25, 0.3) is 21.4 Å². The van der Waals surface area contributed by atoms with Gasteiger partial charge >= 0.3 is 0 Å². The molecular formula is C14H16N6OS. The highest BCUT2D eigenvalue weighted by Crippen LogP contribution is 2.34. The highest BCUT2D eigenvalue weighted by Gasteiger charge is 2.26. The van der Waals surface area contributed by atoms with Crippen LogP contribution in [-0.4, -0.2) is 32.5 Å². The topological polar surface area (TPSA) is 84.7 Å². The molecule has 0 atom stereocenters. The van der Waals surface area contributed by atoms with Crippen LogP contribution in [0, 0.1) is 5.92 Å². The number of hydrogen-bond acceptors (Lipinski definition) is 6. The molecule has 3 heterocycles. The van der Waals surface area contributed by atoms with Crippen molar-refractivity contribution in [3.63, 3.8) is 0 Å². The van der Waals surface area contributed by atoms with Gasteiger partial charge in [0.05, 0.1) is 6.33 Å². The lowest BCUT2D eigenvalue weighted by molar-refractivity contribution is -0.122. The number of anilines is 2. The number of aromatic nitrogens is 4. The van der Waals surface area contributed by atoms with Crippen LogP contribution >= 0.6 is 11.3 Å². The third-order valence-corrected chi connectivity index (χ3v) is 5.02. The van der Waals surface area contributed by atoms with Crippen LogP contribution in [0.2, 0.25) is 0 Å². The average molecular weight is 316 g/mol. The van der Waals surface area contributed by atoms with E-state index >= 15 is 0 Å². The molecule has 8 heteroatoms. The van der Waals surface area contributed by atoms with Crippen molar-refractivity contribution in [2.45, 2.75) is 19.3 Å². The number of carbonyl (C=O) groups is 1. The highest BCUT2D eigenvalue weighted by atomic mass is 32.1. The SMILES string of the molecule is CNc1nc2sc(NC(=O)C3CCC3)nc2c2c1ncn2C. The second-order valence-corrected chi connectivity index (χ2v) is 6.53. The summed E-state index contributed by atoms with van der Waals surface area (Å²) in [6.45, 7) is 0. The van der Waals surface area contributed by atoms with Crippen LogP contribution in [0.15, 0.2) is 6.33 Å². The number of nitrogens with zero attached hydrogens (tertiary/aromatic N) is 4. The number of pyridine rings is 1. The standard InChI is InChI=1S/C14H16N6OS/c1-15-11-8-10(20(2)6-16-8)9-13(18-11)22-14(17-9)19-12(21)7-4-3-5-7/h6-7H,3-5H2,1-2H3,(H,15,18)(H,17,19,21). The second kappa shape index (κ2) is 4.91. The van der Waals surface area contributed by atoms with Gasteiger partial charge in [0.1, 0.15) is 21.4 Å². The number of carbonyl (C=O) groups excluding carboxylic acids is 1. The number of amides is 1. The van der Waals surface area contributed by atoms with Gasteiger partial charge in [0.2, 0.25) is 5.91 Å². The Kier molecular flexibility index (Phi) is 3.00. The molecule has 2 N–H and O–H groups in total. The third kappa shape index (κ3) is 1.94.